The van der Waals surface area contributed by atoms with Crippen molar-refractivity contribution in [3.05, 3.63) is 102 Å². The van der Waals surface area contributed by atoms with Crippen LogP contribution in [-0.2, 0) is 15.4 Å². The van der Waals surface area contributed by atoms with Crippen molar-refractivity contribution < 1.29 is 13.2 Å². The van der Waals surface area contributed by atoms with Crippen molar-refractivity contribution in [2.75, 3.05) is 37.4 Å². The highest BCUT2D eigenvalue weighted by Crippen LogP contribution is 2.48. The molecule has 0 spiro atoms. The van der Waals surface area contributed by atoms with Gasteiger partial charge in [0.15, 0.2) is 0 Å². The average Bonchev–Trinajstić information content (AvgIpc) is 3.74. The lowest BCUT2D eigenvalue weighted by Gasteiger charge is -2.36. The maximum atomic E-state index is 13.2. The summed E-state index contributed by atoms with van der Waals surface area (Å²) in [5.74, 6) is -0.0264. The Morgan fingerprint density at radius 2 is 1.55 bits per heavy atom. The van der Waals surface area contributed by atoms with Crippen LogP contribution in [0, 0.1) is 0 Å². The number of sulfonamides is 1. The molecule has 8 heteroatoms. The van der Waals surface area contributed by atoms with E-state index in [9.17, 15) is 13.2 Å². The Morgan fingerprint density at radius 3 is 2.26 bits per heavy atom. The van der Waals surface area contributed by atoms with Gasteiger partial charge < -0.3 is 4.90 Å². The van der Waals surface area contributed by atoms with Gasteiger partial charge in [0.05, 0.1) is 5.52 Å². The number of benzene rings is 3. The van der Waals surface area contributed by atoms with E-state index in [0.29, 0.717) is 29.9 Å². The molecule has 0 unspecified atom stereocenters. The number of piperazine rings is 1. The van der Waals surface area contributed by atoms with E-state index in [0.717, 1.165) is 25.0 Å². The molecule has 0 atom stereocenters. The third-order valence-corrected chi connectivity index (χ3v) is 9.11. The number of hydrogen-bond donors (Lipinski definition) is 1. The molecule has 0 radical (unpaired) electrons. The topological polar surface area (TPSA) is 82.6 Å². The molecule has 1 saturated carbocycles. The first-order valence-corrected chi connectivity index (χ1v) is 14.5. The monoisotopic (exact) mass is 526 g/mol. The molecule has 194 valence electrons. The van der Waals surface area contributed by atoms with Crippen LogP contribution in [0.3, 0.4) is 0 Å². The maximum absolute atomic E-state index is 13.2. The normalized spacial score (nSPS) is 17.3. The first kappa shape index (κ1) is 24.6. The van der Waals surface area contributed by atoms with E-state index in [-0.39, 0.29) is 16.2 Å². The van der Waals surface area contributed by atoms with Crippen molar-refractivity contribution in [2.24, 2.45) is 0 Å². The Morgan fingerprint density at radius 1 is 0.842 bits per heavy atom. The lowest BCUT2D eigenvalue weighted by molar-refractivity contribution is 0.0626. The fourth-order valence-corrected chi connectivity index (χ4v) is 6.62. The van der Waals surface area contributed by atoms with E-state index < -0.39 is 10.0 Å². The van der Waals surface area contributed by atoms with Crippen molar-refractivity contribution in [1.29, 1.82) is 0 Å². The summed E-state index contributed by atoms with van der Waals surface area (Å²) in [5.41, 5.74) is 3.07. The largest absolute Gasteiger partial charge is 0.336 e. The molecule has 1 N–H and O–H groups in total. The number of nitrogens with zero attached hydrogens (tertiary/aromatic N) is 3. The van der Waals surface area contributed by atoms with Crippen LogP contribution in [-0.4, -0.2) is 61.8 Å². The van der Waals surface area contributed by atoms with Crippen LogP contribution in [0.1, 0.15) is 28.8 Å². The summed E-state index contributed by atoms with van der Waals surface area (Å²) in [7, 11) is -3.84. The van der Waals surface area contributed by atoms with Gasteiger partial charge in [0, 0.05) is 61.0 Å². The number of rotatable bonds is 7. The molecule has 0 bridgehead atoms. The number of nitrogens with one attached hydrogen (secondary N) is 1. The number of amides is 1. The molecule has 3 aromatic carbocycles. The molecule has 1 aliphatic carbocycles. The molecule has 7 nitrogen and oxygen atoms in total. The summed E-state index contributed by atoms with van der Waals surface area (Å²) in [6, 6.07) is 26.1. The highest BCUT2D eigenvalue weighted by molar-refractivity contribution is 7.93. The highest BCUT2D eigenvalue weighted by atomic mass is 32.2. The molecule has 38 heavy (non-hydrogen) atoms. The number of aromatic nitrogens is 1. The Bertz CT molecular complexity index is 1560. The molecule has 2 aliphatic rings. The number of carbonyl (C=O) groups excluding carboxylic acids is 1. The second-order valence-corrected chi connectivity index (χ2v) is 11.9. The van der Waals surface area contributed by atoms with Crippen molar-refractivity contribution in [2.45, 2.75) is 23.2 Å². The molecule has 2 heterocycles. The molecule has 2 fully saturated rings. The standard InChI is InChI=1S/C30H30N4O3S/c35-29(34-20-18-33(19-21-34)22-30(15-16-30)25-8-2-1-3-9-25)24-11-13-26(14-12-24)32-38(36,37)27-10-4-6-23-7-5-17-31-28(23)27/h1-14,17,32H,15-16,18-22H2. The lowest BCUT2D eigenvalue weighted by Crippen LogP contribution is -2.50. The van der Waals surface area contributed by atoms with Gasteiger partial charge in [-0.3, -0.25) is 19.4 Å². The lowest BCUT2D eigenvalue weighted by atomic mass is 9.95. The molecular formula is C30H30N4O3S. The number of hydrogen-bond acceptors (Lipinski definition) is 5. The predicted molar refractivity (Wildman–Crippen MR) is 149 cm³/mol. The van der Waals surface area contributed by atoms with Crippen LogP contribution >= 0.6 is 0 Å². The minimum Gasteiger partial charge on any atom is -0.336 e. The number of anilines is 1. The summed E-state index contributed by atoms with van der Waals surface area (Å²) < 4.78 is 28.8. The van der Waals surface area contributed by atoms with Crippen LogP contribution in [0.4, 0.5) is 5.69 Å². The first-order chi connectivity index (χ1) is 18.4. The molecule has 1 saturated heterocycles. The minimum atomic E-state index is -3.84. The van der Waals surface area contributed by atoms with Gasteiger partial charge in [0.2, 0.25) is 0 Å². The molecule has 1 aromatic heterocycles. The minimum absolute atomic E-state index is 0.0264. The van der Waals surface area contributed by atoms with Crippen molar-refractivity contribution in [3.63, 3.8) is 0 Å². The fourth-order valence-electron chi connectivity index (χ4n) is 5.38. The van der Waals surface area contributed by atoms with Crippen LogP contribution in [0.25, 0.3) is 10.9 Å². The average molecular weight is 527 g/mol. The fraction of sp³-hybridized carbons (Fsp3) is 0.267. The van der Waals surface area contributed by atoms with Crippen LogP contribution in [0.2, 0.25) is 0 Å². The van der Waals surface area contributed by atoms with Crippen molar-refractivity contribution in [1.82, 2.24) is 14.8 Å². The molecular weight excluding hydrogens is 496 g/mol. The highest BCUT2D eigenvalue weighted by Gasteiger charge is 2.45. The Labute approximate surface area is 223 Å². The van der Waals surface area contributed by atoms with Crippen molar-refractivity contribution in [3.8, 4) is 0 Å². The quantitative estimate of drug-likeness (QED) is 0.383. The second-order valence-electron chi connectivity index (χ2n) is 10.2. The van der Waals surface area contributed by atoms with E-state index in [1.54, 1.807) is 48.7 Å². The second kappa shape index (κ2) is 9.85. The summed E-state index contributed by atoms with van der Waals surface area (Å²) in [6.45, 7) is 4.13. The Hall–Kier alpha value is -3.75. The summed E-state index contributed by atoms with van der Waals surface area (Å²) in [6.07, 6.45) is 4.03. The van der Waals surface area contributed by atoms with E-state index in [1.807, 2.05) is 17.0 Å². The zero-order valence-electron chi connectivity index (χ0n) is 21.1. The zero-order chi connectivity index (χ0) is 26.2. The molecule has 1 amide bonds. The van der Waals surface area contributed by atoms with Crippen LogP contribution < -0.4 is 4.72 Å². The zero-order valence-corrected chi connectivity index (χ0v) is 21.9. The van der Waals surface area contributed by atoms with Crippen LogP contribution in [0.5, 0.6) is 0 Å². The number of pyridine rings is 1. The van der Waals surface area contributed by atoms with E-state index in [1.165, 1.54) is 18.4 Å². The number of carbonyl (C=O) groups is 1. The van der Waals surface area contributed by atoms with Crippen molar-refractivity contribution >= 4 is 32.5 Å². The molecule has 4 aromatic rings. The van der Waals surface area contributed by atoms with Gasteiger partial charge >= 0.3 is 0 Å². The summed E-state index contributed by atoms with van der Waals surface area (Å²) in [4.78, 5) is 21.9. The summed E-state index contributed by atoms with van der Waals surface area (Å²) >= 11 is 0. The SMILES string of the molecule is O=C(c1ccc(NS(=O)(=O)c2cccc3cccnc23)cc1)N1CCN(CC2(c3ccccc3)CC2)CC1. The third-order valence-electron chi connectivity index (χ3n) is 7.69. The van der Waals surface area contributed by atoms with E-state index in [4.69, 9.17) is 0 Å². The Balaban J connectivity index is 1.07. The van der Waals surface area contributed by atoms with Gasteiger partial charge in [-0.05, 0) is 54.8 Å². The predicted octanol–water partition coefficient (Wildman–Crippen LogP) is 4.53. The van der Waals surface area contributed by atoms with E-state index in [2.05, 4.69) is 44.9 Å². The van der Waals surface area contributed by atoms with Crippen LogP contribution in [0.15, 0.2) is 96.0 Å². The Kier molecular flexibility index (Phi) is 6.37. The first-order valence-electron chi connectivity index (χ1n) is 13.0. The number of fused-ring (bicyclic) bond motifs is 1. The van der Waals surface area contributed by atoms with Gasteiger partial charge in [-0.15, -0.1) is 0 Å². The van der Waals surface area contributed by atoms with E-state index >= 15 is 0 Å². The number of para-hydroxylation sites is 1. The van der Waals surface area contributed by atoms with Gasteiger partial charge in [0.25, 0.3) is 15.9 Å². The van der Waals surface area contributed by atoms with Gasteiger partial charge in [-0.1, -0.05) is 48.5 Å². The van der Waals surface area contributed by atoms with Gasteiger partial charge in [-0.2, -0.15) is 0 Å². The molecule has 6 rings (SSSR count). The third kappa shape index (κ3) is 4.89. The summed E-state index contributed by atoms with van der Waals surface area (Å²) in [5, 5.41) is 0.754. The van der Waals surface area contributed by atoms with Gasteiger partial charge in [0.1, 0.15) is 4.90 Å². The maximum Gasteiger partial charge on any atom is 0.264 e. The van der Waals surface area contributed by atoms with Gasteiger partial charge in [-0.25, -0.2) is 8.42 Å². The molecule has 1 aliphatic heterocycles. The smallest absolute Gasteiger partial charge is 0.264 e.